The van der Waals surface area contributed by atoms with E-state index in [-0.39, 0.29) is 11.5 Å². The zero-order valence-corrected chi connectivity index (χ0v) is 26.8. The van der Waals surface area contributed by atoms with E-state index in [4.69, 9.17) is 19.2 Å². The number of methoxy groups -OCH3 is 1. The first-order valence-corrected chi connectivity index (χ1v) is 15.3. The zero-order chi connectivity index (χ0) is 30.7. The highest BCUT2D eigenvalue weighted by Crippen LogP contribution is 2.35. The minimum Gasteiger partial charge on any atom is -0.494 e. The van der Waals surface area contributed by atoms with Gasteiger partial charge in [0.2, 0.25) is 0 Å². The summed E-state index contributed by atoms with van der Waals surface area (Å²) in [5.74, 6) is 0.559. The third-order valence-corrected chi connectivity index (χ3v) is 8.38. The Kier molecular flexibility index (Phi) is 9.11. The SMILES string of the molecule is CCOc1ccc([C@@H]2C(C(=O)Nc3ccccc3)=C(C)N=c3s/c(=C\c4cc(I)c(OC(C)=O)c(OC)c4)c(=O)n32)cc1. The van der Waals surface area contributed by atoms with Crippen molar-refractivity contribution < 1.29 is 23.8 Å². The molecule has 1 aliphatic heterocycles. The van der Waals surface area contributed by atoms with Gasteiger partial charge in [0, 0.05) is 12.6 Å². The van der Waals surface area contributed by atoms with Crippen LogP contribution in [0.25, 0.3) is 6.08 Å². The number of thiazole rings is 1. The molecule has 0 aliphatic carbocycles. The van der Waals surface area contributed by atoms with Gasteiger partial charge in [0.15, 0.2) is 16.3 Å². The molecule has 0 spiro atoms. The molecule has 0 fully saturated rings. The fourth-order valence-corrected chi connectivity index (χ4v) is 6.56. The van der Waals surface area contributed by atoms with Gasteiger partial charge in [-0.05, 0) is 90.0 Å². The Hall–Kier alpha value is -4.23. The van der Waals surface area contributed by atoms with E-state index in [0.29, 0.717) is 59.3 Å². The van der Waals surface area contributed by atoms with Crippen LogP contribution in [0.5, 0.6) is 17.2 Å². The first-order chi connectivity index (χ1) is 20.7. The maximum atomic E-state index is 14.1. The molecule has 0 saturated heterocycles. The number of amides is 1. The van der Waals surface area contributed by atoms with Gasteiger partial charge in [-0.3, -0.25) is 19.0 Å². The number of carbonyl (C=O) groups excluding carboxylic acids is 2. The fourth-order valence-electron chi connectivity index (χ4n) is 4.78. The van der Waals surface area contributed by atoms with E-state index in [1.54, 1.807) is 41.8 Å². The summed E-state index contributed by atoms with van der Waals surface area (Å²) in [7, 11) is 1.48. The van der Waals surface area contributed by atoms with Gasteiger partial charge in [0.25, 0.3) is 11.5 Å². The summed E-state index contributed by atoms with van der Waals surface area (Å²) in [5.41, 5.74) is 2.65. The minimum atomic E-state index is -0.723. The lowest BCUT2D eigenvalue weighted by Crippen LogP contribution is -2.40. The van der Waals surface area contributed by atoms with Crippen LogP contribution >= 0.6 is 33.9 Å². The Labute approximate surface area is 265 Å². The molecular formula is C32H28IN3O6S. The molecule has 5 rings (SSSR count). The number of aromatic nitrogens is 1. The number of carbonyl (C=O) groups is 2. The van der Waals surface area contributed by atoms with E-state index in [1.807, 2.05) is 49.4 Å². The smallest absolute Gasteiger partial charge is 0.308 e. The summed E-state index contributed by atoms with van der Waals surface area (Å²) < 4.78 is 19.0. The van der Waals surface area contributed by atoms with Gasteiger partial charge in [-0.2, -0.15) is 0 Å². The molecule has 11 heteroatoms. The number of nitrogens with zero attached hydrogens (tertiary/aromatic N) is 2. The monoisotopic (exact) mass is 709 g/mol. The molecule has 0 unspecified atom stereocenters. The van der Waals surface area contributed by atoms with Crippen molar-refractivity contribution in [1.29, 1.82) is 0 Å². The largest absolute Gasteiger partial charge is 0.494 e. The number of esters is 1. The number of nitrogens with one attached hydrogen (secondary N) is 1. The summed E-state index contributed by atoms with van der Waals surface area (Å²) in [6.07, 6.45) is 1.74. The summed E-state index contributed by atoms with van der Waals surface area (Å²) >= 11 is 3.29. The van der Waals surface area contributed by atoms with Crippen molar-refractivity contribution in [2.75, 3.05) is 19.0 Å². The van der Waals surface area contributed by atoms with E-state index < -0.39 is 12.0 Å². The summed E-state index contributed by atoms with van der Waals surface area (Å²) in [4.78, 5) is 44.6. The first kappa shape index (κ1) is 30.2. The summed E-state index contributed by atoms with van der Waals surface area (Å²) in [6.45, 7) is 5.52. The average molecular weight is 710 g/mol. The number of benzene rings is 3. The fraction of sp³-hybridized carbons (Fsp3) is 0.188. The topological polar surface area (TPSA) is 108 Å². The van der Waals surface area contributed by atoms with Crippen molar-refractivity contribution in [3.63, 3.8) is 0 Å². The van der Waals surface area contributed by atoms with Crippen LogP contribution in [0.4, 0.5) is 5.69 Å². The molecule has 3 aromatic carbocycles. The Balaban J connectivity index is 1.65. The molecule has 1 aromatic heterocycles. The minimum absolute atomic E-state index is 0.293. The molecule has 0 bridgehead atoms. The molecule has 1 aliphatic rings. The van der Waals surface area contributed by atoms with Crippen LogP contribution in [0, 0.1) is 3.57 Å². The second-order valence-electron chi connectivity index (χ2n) is 9.53. The van der Waals surface area contributed by atoms with E-state index in [2.05, 4.69) is 27.9 Å². The number of anilines is 1. The summed E-state index contributed by atoms with van der Waals surface area (Å²) in [6, 6.07) is 19.3. The third kappa shape index (κ3) is 6.42. The van der Waals surface area contributed by atoms with Gasteiger partial charge >= 0.3 is 5.97 Å². The normalized spacial score (nSPS) is 14.5. The van der Waals surface area contributed by atoms with Crippen molar-refractivity contribution in [2.24, 2.45) is 4.99 Å². The molecule has 220 valence electrons. The van der Waals surface area contributed by atoms with Crippen LogP contribution in [0.15, 0.2) is 87.8 Å². The summed E-state index contributed by atoms with van der Waals surface area (Å²) in [5, 5.41) is 2.96. The predicted octanol–water partition coefficient (Wildman–Crippen LogP) is 4.81. The molecular weight excluding hydrogens is 681 g/mol. The highest BCUT2D eigenvalue weighted by molar-refractivity contribution is 14.1. The molecule has 43 heavy (non-hydrogen) atoms. The van der Waals surface area contributed by atoms with Gasteiger partial charge in [-0.1, -0.05) is 41.7 Å². The number of fused-ring (bicyclic) bond motifs is 1. The number of hydrogen-bond donors (Lipinski definition) is 1. The lowest BCUT2D eigenvalue weighted by atomic mass is 9.95. The molecule has 1 N–H and O–H groups in total. The number of hydrogen-bond acceptors (Lipinski definition) is 8. The lowest BCUT2D eigenvalue weighted by molar-refractivity contribution is -0.132. The molecule has 4 aromatic rings. The quantitative estimate of drug-likeness (QED) is 0.160. The number of halogens is 1. The van der Waals surface area contributed by atoms with E-state index >= 15 is 0 Å². The number of allylic oxidation sites excluding steroid dienone is 1. The molecule has 9 nitrogen and oxygen atoms in total. The van der Waals surface area contributed by atoms with Gasteiger partial charge in [0.05, 0.1) is 39.1 Å². The molecule has 0 saturated carbocycles. The van der Waals surface area contributed by atoms with Crippen LogP contribution in [-0.4, -0.2) is 30.2 Å². The Morgan fingerprint density at radius 2 is 1.84 bits per heavy atom. The Bertz CT molecular complexity index is 1910. The highest BCUT2D eigenvalue weighted by atomic mass is 127. The van der Waals surface area contributed by atoms with Gasteiger partial charge in [-0.25, -0.2) is 4.99 Å². The van der Waals surface area contributed by atoms with Crippen LogP contribution < -0.4 is 34.4 Å². The molecule has 0 radical (unpaired) electrons. The van der Waals surface area contributed by atoms with Crippen LogP contribution in [-0.2, 0) is 9.59 Å². The second kappa shape index (κ2) is 13.0. The molecule has 2 heterocycles. The van der Waals surface area contributed by atoms with Crippen LogP contribution in [0.2, 0.25) is 0 Å². The van der Waals surface area contributed by atoms with Gasteiger partial charge in [0.1, 0.15) is 5.75 Å². The van der Waals surface area contributed by atoms with Crippen molar-refractivity contribution in [1.82, 2.24) is 4.57 Å². The van der Waals surface area contributed by atoms with E-state index in [9.17, 15) is 14.4 Å². The van der Waals surface area contributed by atoms with Crippen molar-refractivity contribution >= 4 is 57.6 Å². The van der Waals surface area contributed by atoms with E-state index in [1.165, 1.54) is 25.4 Å². The molecule has 1 atom stereocenters. The standard InChI is InChI=1S/C32H28IN3O6S/c1-5-41-23-13-11-21(12-14-23)28-27(30(38)35-22-9-7-6-8-10-22)18(2)34-32-36(28)31(39)26(43-32)17-20-15-24(33)29(42-19(3)37)25(16-20)40-4/h6-17,28H,5H2,1-4H3,(H,35,38)/b26-17-/t28-/m1/s1. The first-order valence-electron chi connectivity index (χ1n) is 13.4. The maximum absolute atomic E-state index is 14.1. The number of para-hydroxylation sites is 1. The molecule has 1 amide bonds. The number of rotatable bonds is 8. The van der Waals surface area contributed by atoms with Crippen molar-refractivity contribution in [2.45, 2.75) is 26.8 Å². The predicted molar refractivity (Wildman–Crippen MR) is 173 cm³/mol. The zero-order valence-electron chi connectivity index (χ0n) is 23.8. The van der Waals surface area contributed by atoms with Gasteiger partial charge < -0.3 is 19.5 Å². The van der Waals surface area contributed by atoms with Crippen LogP contribution in [0.1, 0.15) is 37.9 Å². The average Bonchev–Trinajstić information content (AvgIpc) is 3.28. The van der Waals surface area contributed by atoms with Crippen molar-refractivity contribution in [3.05, 3.63) is 112 Å². The lowest BCUT2D eigenvalue weighted by Gasteiger charge is -2.25. The third-order valence-electron chi connectivity index (χ3n) is 6.60. The highest BCUT2D eigenvalue weighted by Gasteiger charge is 2.32. The Morgan fingerprint density at radius 1 is 1.12 bits per heavy atom. The van der Waals surface area contributed by atoms with Gasteiger partial charge in [-0.15, -0.1) is 0 Å². The Morgan fingerprint density at radius 3 is 2.49 bits per heavy atom. The second-order valence-corrected chi connectivity index (χ2v) is 11.7. The van der Waals surface area contributed by atoms with E-state index in [0.717, 1.165) is 5.56 Å². The number of ether oxygens (including phenoxy) is 3. The van der Waals surface area contributed by atoms with Crippen molar-refractivity contribution in [3.8, 4) is 17.2 Å². The maximum Gasteiger partial charge on any atom is 0.308 e. The van der Waals surface area contributed by atoms with Crippen LogP contribution in [0.3, 0.4) is 0 Å².